The lowest BCUT2D eigenvalue weighted by atomic mass is 9.33. The maximum atomic E-state index is 15.4. The molecule has 0 spiro atoms. The standard InChI is InChI=1S/C45H68O12/c1-24(46)53-23-31-38(55-26(3)48)39(56-27(4)49)37(54-25(2)47)30(57-31)20-35(51)45-19-18-40(5,6)21-29(45)28-12-13-33-42(9)16-15-34(50)41(7,8)32(42)14-17-43(33,10)44(28,11)22-36(45)52/h12,29-34,36-39,50,52H,13-23H2,1-11H3/t29?,30-,31?,32?,33?,34+,36-,37-,38+,39?,42+,43-,44-,45+/m1/s1. The first-order valence-electron chi connectivity index (χ1n) is 21.2. The Morgan fingerprint density at radius 2 is 1.30 bits per heavy atom. The van der Waals surface area contributed by atoms with Crippen LogP contribution in [-0.2, 0) is 47.7 Å². The van der Waals surface area contributed by atoms with E-state index >= 15 is 4.79 Å². The van der Waals surface area contributed by atoms with Crippen molar-refractivity contribution in [1.82, 2.24) is 0 Å². The number of aliphatic hydroxyl groups is 2. The summed E-state index contributed by atoms with van der Waals surface area (Å²) in [6, 6.07) is 0. The zero-order valence-corrected chi connectivity index (χ0v) is 36.1. The van der Waals surface area contributed by atoms with Crippen LogP contribution in [0.4, 0.5) is 0 Å². The van der Waals surface area contributed by atoms with E-state index in [1.165, 1.54) is 33.3 Å². The number of aliphatic hydroxyl groups excluding tert-OH is 2. The number of carbonyl (C=O) groups excluding carboxylic acids is 5. The van der Waals surface area contributed by atoms with Gasteiger partial charge in [-0.2, -0.15) is 0 Å². The molecule has 1 saturated heterocycles. The summed E-state index contributed by atoms with van der Waals surface area (Å²) in [7, 11) is 0. The molecule has 6 rings (SSSR count). The van der Waals surface area contributed by atoms with Gasteiger partial charge in [0, 0.05) is 34.1 Å². The normalized spacial score (nSPS) is 44.3. The predicted octanol–water partition coefficient (Wildman–Crippen LogP) is 6.20. The third-order valence-corrected chi connectivity index (χ3v) is 16.7. The van der Waals surface area contributed by atoms with Crippen LogP contribution in [0.15, 0.2) is 11.6 Å². The van der Waals surface area contributed by atoms with Gasteiger partial charge in [-0.1, -0.05) is 60.1 Å². The number of ketones is 1. The summed E-state index contributed by atoms with van der Waals surface area (Å²) in [5, 5.41) is 23.9. The van der Waals surface area contributed by atoms with Gasteiger partial charge >= 0.3 is 23.9 Å². The Morgan fingerprint density at radius 1 is 0.702 bits per heavy atom. The van der Waals surface area contributed by atoms with Gasteiger partial charge in [0.15, 0.2) is 18.3 Å². The number of ether oxygens (including phenoxy) is 5. The van der Waals surface area contributed by atoms with Crippen molar-refractivity contribution in [2.75, 3.05) is 6.61 Å². The summed E-state index contributed by atoms with van der Waals surface area (Å²) in [5.41, 5.74) is -0.746. The first-order chi connectivity index (χ1) is 26.3. The fourth-order valence-electron chi connectivity index (χ4n) is 13.7. The zero-order valence-electron chi connectivity index (χ0n) is 36.1. The van der Waals surface area contributed by atoms with Crippen molar-refractivity contribution in [3.05, 3.63) is 11.6 Å². The van der Waals surface area contributed by atoms with Gasteiger partial charge in [0.1, 0.15) is 24.6 Å². The van der Waals surface area contributed by atoms with Gasteiger partial charge in [0.05, 0.1) is 17.6 Å². The number of fused-ring (bicyclic) bond motifs is 7. The number of rotatable bonds is 8. The summed E-state index contributed by atoms with van der Waals surface area (Å²) in [6.45, 7) is 20.5. The molecule has 0 bridgehead atoms. The number of Topliss-reactive ketones (excluding diaryl/α,β-unsaturated/α-hetero) is 1. The Balaban J connectivity index is 1.40. The van der Waals surface area contributed by atoms with Crippen molar-refractivity contribution >= 4 is 29.7 Å². The fraction of sp³-hybridized carbons (Fsp3) is 0.844. The lowest BCUT2D eigenvalue weighted by Crippen LogP contribution is -2.68. The minimum atomic E-state index is -1.37. The van der Waals surface area contributed by atoms with Gasteiger partial charge < -0.3 is 33.9 Å². The topological polar surface area (TPSA) is 172 Å². The van der Waals surface area contributed by atoms with Crippen molar-refractivity contribution in [2.45, 2.75) is 183 Å². The largest absolute Gasteiger partial charge is 0.463 e. The highest BCUT2D eigenvalue weighted by Gasteiger charge is 2.71. The number of carbonyl (C=O) groups is 5. The highest BCUT2D eigenvalue weighted by molar-refractivity contribution is 5.87. The van der Waals surface area contributed by atoms with E-state index in [4.69, 9.17) is 23.7 Å². The fourth-order valence-corrected chi connectivity index (χ4v) is 13.7. The molecule has 5 unspecified atom stereocenters. The van der Waals surface area contributed by atoms with Crippen LogP contribution in [0.5, 0.6) is 0 Å². The molecular formula is C45H68O12. The van der Waals surface area contributed by atoms with Gasteiger partial charge in [-0.25, -0.2) is 0 Å². The van der Waals surface area contributed by atoms with Crippen LogP contribution in [0.1, 0.15) is 140 Å². The maximum absolute atomic E-state index is 15.4. The number of hydrogen-bond acceptors (Lipinski definition) is 12. The summed E-state index contributed by atoms with van der Waals surface area (Å²) in [6.07, 6.45) is 1.27. The Kier molecular flexibility index (Phi) is 11.5. The molecule has 5 aliphatic carbocycles. The van der Waals surface area contributed by atoms with Crippen LogP contribution in [-0.4, -0.2) is 89.2 Å². The second kappa shape index (κ2) is 15.0. The van der Waals surface area contributed by atoms with E-state index in [1.807, 2.05) is 0 Å². The van der Waals surface area contributed by atoms with Crippen LogP contribution >= 0.6 is 0 Å². The average molecular weight is 801 g/mol. The van der Waals surface area contributed by atoms with Crippen LogP contribution < -0.4 is 0 Å². The van der Waals surface area contributed by atoms with Gasteiger partial charge in [0.25, 0.3) is 0 Å². The van der Waals surface area contributed by atoms with Crippen LogP contribution in [0.3, 0.4) is 0 Å². The number of allylic oxidation sites excluding steroid dienone is 2. The van der Waals surface area contributed by atoms with Crippen molar-refractivity contribution in [3.63, 3.8) is 0 Å². The highest BCUT2D eigenvalue weighted by Crippen LogP contribution is 2.76. The van der Waals surface area contributed by atoms with Gasteiger partial charge in [0.2, 0.25) is 0 Å². The monoisotopic (exact) mass is 800 g/mol. The van der Waals surface area contributed by atoms with Crippen LogP contribution in [0.25, 0.3) is 0 Å². The molecule has 5 fully saturated rings. The molecule has 2 N–H and O–H groups in total. The van der Waals surface area contributed by atoms with Crippen molar-refractivity contribution in [2.24, 2.45) is 50.2 Å². The number of hydrogen-bond donors (Lipinski definition) is 2. The molecule has 0 aromatic carbocycles. The van der Waals surface area contributed by atoms with E-state index in [0.29, 0.717) is 37.5 Å². The SMILES string of the molecule is CC(=O)OCC1O[C@H](CC(=O)[C@]23CCC(C)(C)CC2C2=CCC4[C@@]5(C)CC[C@H](O)C(C)(C)C5CC[C@@]4(C)[C@]2(C)C[C@H]3O)[C@@H](OC(C)=O)C(OC(C)=O)[C@H]1OC(C)=O. The van der Waals surface area contributed by atoms with E-state index in [0.717, 1.165) is 32.1 Å². The molecule has 6 aliphatic rings. The second-order valence-corrected chi connectivity index (χ2v) is 20.7. The van der Waals surface area contributed by atoms with E-state index in [9.17, 15) is 29.4 Å². The van der Waals surface area contributed by atoms with Gasteiger partial charge in [-0.15, -0.1) is 0 Å². The molecule has 12 heteroatoms. The van der Waals surface area contributed by atoms with Crippen LogP contribution in [0.2, 0.25) is 0 Å². The molecule has 0 aromatic rings. The third-order valence-electron chi connectivity index (χ3n) is 16.7. The molecule has 320 valence electrons. The Morgan fingerprint density at radius 3 is 1.89 bits per heavy atom. The Bertz CT molecular complexity index is 1670. The minimum Gasteiger partial charge on any atom is -0.463 e. The van der Waals surface area contributed by atoms with Crippen LogP contribution in [0, 0.1) is 50.2 Å². The molecular weight excluding hydrogens is 732 g/mol. The molecule has 1 aliphatic heterocycles. The van der Waals surface area contributed by atoms with Crippen molar-refractivity contribution < 1.29 is 57.9 Å². The van der Waals surface area contributed by atoms with E-state index < -0.39 is 65.9 Å². The average Bonchev–Trinajstić information content (AvgIpc) is 3.08. The highest BCUT2D eigenvalue weighted by atomic mass is 16.7. The molecule has 0 amide bonds. The second-order valence-electron chi connectivity index (χ2n) is 20.7. The Hall–Kier alpha value is -2.83. The minimum absolute atomic E-state index is 0.0110. The van der Waals surface area contributed by atoms with E-state index in [1.54, 1.807) is 0 Å². The predicted molar refractivity (Wildman–Crippen MR) is 208 cm³/mol. The molecule has 0 aromatic heterocycles. The molecule has 1 heterocycles. The molecule has 57 heavy (non-hydrogen) atoms. The number of esters is 4. The maximum Gasteiger partial charge on any atom is 0.303 e. The zero-order chi connectivity index (χ0) is 42.3. The summed E-state index contributed by atoms with van der Waals surface area (Å²) < 4.78 is 28.7. The van der Waals surface area contributed by atoms with E-state index in [-0.39, 0.29) is 57.9 Å². The Labute approximate surface area is 338 Å². The smallest absolute Gasteiger partial charge is 0.303 e. The van der Waals surface area contributed by atoms with Gasteiger partial charge in [-0.3, -0.25) is 24.0 Å². The lowest BCUT2D eigenvalue weighted by Gasteiger charge is -2.72. The first kappa shape index (κ1) is 43.7. The van der Waals surface area contributed by atoms with E-state index in [2.05, 4.69) is 54.5 Å². The summed E-state index contributed by atoms with van der Waals surface area (Å²) >= 11 is 0. The molecule has 12 nitrogen and oxygen atoms in total. The molecule has 4 saturated carbocycles. The quantitative estimate of drug-likeness (QED) is 0.162. The molecule has 14 atom stereocenters. The third kappa shape index (κ3) is 7.19. The first-order valence-corrected chi connectivity index (χ1v) is 21.2. The summed E-state index contributed by atoms with van der Waals surface area (Å²) in [4.78, 5) is 64.8. The molecule has 0 radical (unpaired) electrons. The van der Waals surface area contributed by atoms with Crippen molar-refractivity contribution in [1.29, 1.82) is 0 Å². The lowest BCUT2D eigenvalue weighted by molar-refractivity contribution is -0.254. The summed E-state index contributed by atoms with van der Waals surface area (Å²) in [5.74, 6) is -2.60. The van der Waals surface area contributed by atoms with Crippen molar-refractivity contribution in [3.8, 4) is 0 Å². The van der Waals surface area contributed by atoms with Gasteiger partial charge in [-0.05, 0) is 103 Å².